The molecule has 1 rings (SSSR count). The lowest BCUT2D eigenvalue weighted by atomic mass is 10.1. The van der Waals surface area contributed by atoms with E-state index < -0.39 is 0 Å². The zero-order valence-electron chi connectivity index (χ0n) is 11.7. The van der Waals surface area contributed by atoms with Crippen molar-refractivity contribution in [3.05, 3.63) is 27.7 Å². The quantitative estimate of drug-likeness (QED) is 0.811. The molecule has 0 spiro atoms. The van der Waals surface area contributed by atoms with Gasteiger partial charge in [-0.3, -0.25) is 4.79 Å². The van der Waals surface area contributed by atoms with Crippen LogP contribution in [0.2, 0.25) is 10.0 Å². The first kappa shape index (κ1) is 17.1. The zero-order chi connectivity index (χ0) is 15.1. The monoisotopic (exact) mass is 318 g/mol. The molecule has 20 heavy (non-hydrogen) atoms. The Bertz CT molecular complexity index is 467. The third kappa shape index (κ3) is 4.54. The van der Waals surface area contributed by atoms with E-state index in [0.29, 0.717) is 27.9 Å². The molecule has 3 N–H and O–H groups in total. The molecule has 0 aliphatic rings. The number of methoxy groups -OCH3 is 1. The lowest BCUT2D eigenvalue weighted by molar-refractivity contribution is 0.0932. The smallest absolute Gasteiger partial charge is 0.255 e. The average molecular weight is 319 g/mol. The second kappa shape index (κ2) is 8.35. The third-order valence-electron chi connectivity index (χ3n) is 3.01. The molecular weight excluding hydrogens is 299 g/mol. The molecule has 0 aliphatic carbocycles. The number of unbranched alkanes of at least 4 members (excludes halogenated alkanes) is 1. The van der Waals surface area contributed by atoms with Gasteiger partial charge < -0.3 is 15.8 Å². The lowest BCUT2D eigenvalue weighted by Gasteiger charge is -2.18. The maximum Gasteiger partial charge on any atom is 0.255 e. The molecule has 112 valence electrons. The van der Waals surface area contributed by atoms with Gasteiger partial charge in [-0.05, 0) is 12.5 Å². The summed E-state index contributed by atoms with van der Waals surface area (Å²) in [5, 5.41) is 3.56. The van der Waals surface area contributed by atoms with Crippen molar-refractivity contribution < 1.29 is 9.53 Å². The Balaban J connectivity index is 2.88. The first-order valence-corrected chi connectivity index (χ1v) is 7.33. The van der Waals surface area contributed by atoms with Crippen LogP contribution in [0.3, 0.4) is 0 Å². The van der Waals surface area contributed by atoms with E-state index in [2.05, 4.69) is 12.2 Å². The van der Waals surface area contributed by atoms with Crippen LogP contribution in [0.25, 0.3) is 0 Å². The van der Waals surface area contributed by atoms with Crippen LogP contribution in [-0.2, 0) is 0 Å². The number of nitrogens with one attached hydrogen (secondary N) is 1. The minimum atomic E-state index is -0.257. The molecule has 0 saturated heterocycles. The predicted molar refractivity (Wildman–Crippen MR) is 82.8 cm³/mol. The zero-order valence-corrected chi connectivity index (χ0v) is 13.2. The van der Waals surface area contributed by atoms with E-state index in [1.165, 1.54) is 19.2 Å². The summed E-state index contributed by atoms with van der Waals surface area (Å²) in [5.41, 5.74) is 6.03. The Kier molecular flexibility index (Phi) is 7.13. The van der Waals surface area contributed by atoms with E-state index >= 15 is 0 Å². The number of carbonyl (C=O) groups excluding carboxylic acids is 1. The maximum absolute atomic E-state index is 12.3. The van der Waals surface area contributed by atoms with Gasteiger partial charge in [-0.1, -0.05) is 43.0 Å². The van der Waals surface area contributed by atoms with Gasteiger partial charge in [0, 0.05) is 18.7 Å². The van der Waals surface area contributed by atoms with Crippen molar-refractivity contribution in [2.45, 2.75) is 32.2 Å². The topological polar surface area (TPSA) is 64.3 Å². The molecule has 0 aliphatic heterocycles. The highest BCUT2D eigenvalue weighted by Crippen LogP contribution is 2.30. The van der Waals surface area contributed by atoms with Crippen LogP contribution in [-0.4, -0.2) is 25.6 Å². The van der Waals surface area contributed by atoms with Crippen LogP contribution in [0.4, 0.5) is 0 Å². The molecule has 1 aromatic rings. The van der Waals surface area contributed by atoms with Crippen molar-refractivity contribution in [2.75, 3.05) is 13.7 Å². The van der Waals surface area contributed by atoms with Crippen LogP contribution < -0.4 is 15.8 Å². The number of hydrogen-bond donors (Lipinski definition) is 2. The molecule has 0 radical (unpaired) electrons. The van der Waals surface area contributed by atoms with Gasteiger partial charge in [0.2, 0.25) is 0 Å². The van der Waals surface area contributed by atoms with Crippen molar-refractivity contribution in [3.8, 4) is 5.75 Å². The molecule has 1 atom stereocenters. The lowest BCUT2D eigenvalue weighted by Crippen LogP contribution is -2.40. The molecule has 0 heterocycles. The molecule has 1 aromatic carbocycles. The summed E-state index contributed by atoms with van der Waals surface area (Å²) in [5.74, 6) is 0.134. The van der Waals surface area contributed by atoms with Crippen molar-refractivity contribution in [2.24, 2.45) is 5.73 Å². The fourth-order valence-electron chi connectivity index (χ4n) is 1.84. The molecule has 6 heteroatoms. The summed E-state index contributed by atoms with van der Waals surface area (Å²) in [4.78, 5) is 12.3. The predicted octanol–water partition coefficient (Wildman–Crippen LogP) is 3.25. The summed E-state index contributed by atoms with van der Waals surface area (Å²) >= 11 is 11.9. The first-order valence-electron chi connectivity index (χ1n) is 6.57. The summed E-state index contributed by atoms with van der Waals surface area (Å²) < 4.78 is 5.16. The van der Waals surface area contributed by atoms with Crippen molar-refractivity contribution in [1.29, 1.82) is 0 Å². The molecule has 4 nitrogen and oxygen atoms in total. The minimum absolute atomic E-state index is 0.0541. The second-order valence-corrected chi connectivity index (χ2v) is 5.33. The third-order valence-corrected chi connectivity index (χ3v) is 3.74. The number of amides is 1. The van der Waals surface area contributed by atoms with E-state index in [4.69, 9.17) is 33.7 Å². The van der Waals surface area contributed by atoms with Crippen LogP contribution in [0.5, 0.6) is 5.75 Å². The number of ether oxygens (including phenoxy) is 1. The van der Waals surface area contributed by atoms with Crippen LogP contribution in [0, 0.1) is 0 Å². The summed E-state index contributed by atoms with van der Waals surface area (Å²) in [6, 6.07) is 2.98. The van der Waals surface area contributed by atoms with Crippen LogP contribution in [0.15, 0.2) is 12.1 Å². The number of carbonyl (C=O) groups is 1. The fraction of sp³-hybridized carbons (Fsp3) is 0.500. The van der Waals surface area contributed by atoms with E-state index in [-0.39, 0.29) is 11.9 Å². The standard InChI is InChI=1S/C14H20Cl2N2O2/c1-3-4-5-9(8-17)18-14(19)10-6-11(15)12(16)7-13(10)20-2/h6-7,9H,3-5,8,17H2,1-2H3,(H,18,19). The molecular formula is C14H20Cl2N2O2. The van der Waals surface area contributed by atoms with E-state index in [0.717, 1.165) is 19.3 Å². The molecule has 0 aromatic heterocycles. The Labute approximate surface area is 129 Å². The first-order chi connectivity index (χ1) is 9.53. The van der Waals surface area contributed by atoms with Crippen molar-refractivity contribution in [3.63, 3.8) is 0 Å². The molecule has 1 unspecified atom stereocenters. The Morgan fingerprint density at radius 3 is 2.60 bits per heavy atom. The van der Waals surface area contributed by atoms with Crippen molar-refractivity contribution in [1.82, 2.24) is 5.32 Å². The second-order valence-electron chi connectivity index (χ2n) is 4.51. The number of benzene rings is 1. The number of hydrogen-bond acceptors (Lipinski definition) is 3. The fourth-order valence-corrected chi connectivity index (χ4v) is 2.15. The maximum atomic E-state index is 12.3. The SMILES string of the molecule is CCCCC(CN)NC(=O)c1cc(Cl)c(Cl)cc1OC. The van der Waals surface area contributed by atoms with Gasteiger partial charge in [0.05, 0.1) is 22.7 Å². The van der Waals surface area contributed by atoms with Gasteiger partial charge in [-0.25, -0.2) is 0 Å². The van der Waals surface area contributed by atoms with E-state index in [1.807, 2.05) is 0 Å². The van der Waals surface area contributed by atoms with Gasteiger partial charge in [-0.2, -0.15) is 0 Å². The molecule has 0 saturated carbocycles. The van der Waals surface area contributed by atoms with Crippen molar-refractivity contribution >= 4 is 29.1 Å². The highest BCUT2D eigenvalue weighted by Gasteiger charge is 2.18. The Hall–Kier alpha value is -0.970. The number of nitrogens with two attached hydrogens (primary N) is 1. The Morgan fingerprint density at radius 1 is 1.40 bits per heavy atom. The van der Waals surface area contributed by atoms with E-state index in [9.17, 15) is 4.79 Å². The molecule has 1 amide bonds. The Morgan fingerprint density at radius 2 is 2.05 bits per heavy atom. The number of halogens is 2. The highest BCUT2D eigenvalue weighted by atomic mass is 35.5. The average Bonchev–Trinajstić information content (AvgIpc) is 2.45. The summed E-state index contributed by atoms with van der Waals surface area (Å²) in [6.07, 6.45) is 2.92. The van der Waals surface area contributed by atoms with Crippen LogP contribution >= 0.6 is 23.2 Å². The normalized spacial score (nSPS) is 12.1. The van der Waals surface area contributed by atoms with Gasteiger partial charge >= 0.3 is 0 Å². The largest absolute Gasteiger partial charge is 0.496 e. The van der Waals surface area contributed by atoms with Crippen LogP contribution in [0.1, 0.15) is 36.5 Å². The van der Waals surface area contributed by atoms with Gasteiger partial charge in [0.1, 0.15) is 5.75 Å². The minimum Gasteiger partial charge on any atom is -0.496 e. The summed E-state index contributed by atoms with van der Waals surface area (Å²) in [7, 11) is 1.48. The molecule has 0 fully saturated rings. The van der Waals surface area contributed by atoms with Gasteiger partial charge in [0.15, 0.2) is 0 Å². The number of rotatable bonds is 7. The molecule has 0 bridgehead atoms. The summed E-state index contributed by atoms with van der Waals surface area (Å²) in [6.45, 7) is 2.49. The van der Waals surface area contributed by atoms with E-state index in [1.54, 1.807) is 0 Å². The highest BCUT2D eigenvalue weighted by molar-refractivity contribution is 6.42. The van der Waals surface area contributed by atoms with Gasteiger partial charge in [-0.15, -0.1) is 0 Å². The van der Waals surface area contributed by atoms with Gasteiger partial charge in [0.25, 0.3) is 5.91 Å².